The highest BCUT2D eigenvalue weighted by Crippen LogP contribution is 2.34. The largest absolute Gasteiger partial charge is 0.393 e. The van der Waals surface area contributed by atoms with Crippen molar-refractivity contribution in [3.63, 3.8) is 0 Å². The summed E-state index contributed by atoms with van der Waals surface area (Å²) in [5, 5.41) is 10.4. The van der Waals surface area contributed by atoms with Crippen LogP contribution in [0.15, 0.2) is 0 Å². The van der Waals surface area contributed by atoms with Crippen molar-refractivity contribution < 1.29 is 5.11 Å². The molecule has 0 aromatic rings. The van der Waals surface area contributed by atoms with Gasteiger partial charge >= 0.3 is 0 Å². The number of unbranched alkanes of at least 4 members (excludes halogenated alkanes) is 4. The van der Waals surface area contributed by atoms with E-state index >= 15 is 0 Å². The normalized spacial score (nSPS) is 32.4. The smallest absolute Gasteiger partial charge is 0.0583 e. The average Bonchev–Trinajstić information content (AvgIpc) is 2.48. The summed E-state index contributed by atoms with van der Waals surface area (Å²) in [5.41, 5.74) is 0. The van der Waals surface area contributed by atoms with Crippen LogP contribution in [0.3, 0.4) is 0 Å². The zero-order valence-corrected chi connectivity index (χ0v) is 13.5. The summed E-state index contributed by atoms with van der Waals surface area (Å²) >= 11 is 0. The summed E-state index contributed by atoms with van der Waals surface area (Å²) in [4.78, 5) is 2.73. The van der Waals surface area contributed by atoms with Gasteiger partial charge in [0.2, 0.25) is 0 Å². The van der Waals surface area contributed by atoms with Gasteiger partial charge in [-0.2, -0.15) is 0 Å². The predicted octanol–water partition coefficient (Wildman–Crippen LogP) is 4.36. The Morgan fingerprint density at radius 1 is 0.900 bits per heavy atom. The van der Waals surface area contributed by atoms with Crippen molar-refractivity contribution >= 4 is 0 Å². The lowest BCUT2D eigenvalue weighted by Gasteiger charge is -2.44. The Bertz CT molecular complexity index is 256. The lowest BCUT2D eigenvalue weighted by atomic mass is 9.78. The van der Waals surface area contributed by atoms with Gasteiger partial charge in [-0.15, -0.1) is 0 Å². The molecule has 1 saturated heterocycles. The van der Waals surface area contributed by atoms with Crippen molar-refractivity contribution in [2.45, 2.75) is 96.1 Å². The third-order valence-corrected chi connectivity index (χ3v) is 5.49. The third-order valence-electron chi connectivity index (χ3n) is 5.49. The predicted molar refractivity (Wildman–Crippen MR) is 85.9 cm³/mol. The molecule has 2 aliphatic rings. The van der Waals surface area contributed by atoms with Crippen LogP contribution in [0.5, 0.6) is 0 Å². The molecule has 0 radical (unpaired) electrons. The summed E-state index contributed by atoms with van der Waals surface area (Å²) in [5.74, 6) is 0.569. The molecule has 118 valence electrons. The van der Waals surface area contributed by atoms with Gasteiger partial charge in [-0.1, -0.05) is 51.9 Å². The van der Waals surface area contributed by atoms with Gasteiger partial charge in [-0.25, -0.2) is 0 Å². The first-order valence-electron chi connectivity index (χ1n) is 9.25. The molecule has 1 saturated carbocycles. The van der Waals surface area contributed by atoms with E-state index in [4.69, 9.17) is 0 Å². The third kappa shape index (κ3) is 4.73. The second-order valence-corrected chi connectivity index (χ2v) is 7.03. The number of aliphatic hydroxyl groups excluding tert-OH is 1. The Hall–Kier alpha value is -0.0800. The zero-order valence-electron chi connectivity index (χ0n) is 13.5. The summed E-state index contributed by atoms with van der Waals surface area (Å²) < 4.78 is 0. The van der Waals surface area contributed by atoms with Crippen LogP contribution in [-0.4, -0.2) is 35.2 Å². The SMILES string of the molecule is CCCCCCCN1CCCCC1C1CCCCC1O. The highest BCUT2D eigenvalue weighted by Gasteiger charge is 2.35. The van der Waals surface area contributed by atoms with Gasteiger partial charge in [-0.05, 0) is 45.2 Å². The van der Waals surface area contributed by atoms with Crippen LogP contribution in [0, 0.1) is 5.92 Å². The lowest BCUT2D eigenvalue weighted by Crippen LogP contribution is -2.48. The summed E-state index contributed by atoms with van der Waals surface area (Å²) in [6.45, 7) is 4.84. The molecule has 20 heavy (non-hydrogen) atoms. The van der Waals surface area contributed by atoms with E-state index in [2.05, 4.69) is 11.8 Å². The molecule has 3 atom stereocenters. The molecular weight excluding hydrogens is 246 g/mol. The van der Waals surface area contributed by atoms with Crippen LogP contribution < -0.4 is 0 Å². The van der Waals surface area contributed by atoms with E-state index in [0.29, 0.717) is 12.0 Å². The van der Waals surface area contributed by atoms with Crippen LogP contribution >= 0.6 is 0 Å². The van der Waals surface area contributed by atoms with E-state index in [1.165, 1.54) is 83.7 Å². The molecule has 2 rings (SSSR count). The van der Waals surface area contributed by atoms with Crippen molar-refractivity contribution in [1.29, 1.82) is 0 Å². The van der Waals surface area contributed by atoms with Crippen LogP contribution in [0.25, 0.3) is 0 Å². The molecular formula is C18H35NO. The first-order valence-corrected chi connectivity index (χ1v) is 9.25. The van der Waals surface area contributed by atoms with E-state index < -0.39 is 0 Å². The fourth-order valence-electron chi connectivity index (χ4n) is 4.29. The molecule has 1 heterocycles. The zero-order chi connectivity index (χ0) is 14.2. The second kappa shape index (κ2) is 9.04. The molecule has 2 nitrogen and oxygen atoms in total. The molecule has 0 bridgehead atoms. The Morgan fingerprint density at radius 3 is 2.45 bits per heavy atom. The Balaban J connectivity index is 1.78. The van der Waals surface area contributed by atoms with Crippen LogP contribution in [-0.2, 0) is 0 Å². The maximum atomic E-state index is 10.4. The minimum atomic E-state index is -0.0190. The van der Waals surface area contributed by atoms with Gasteiger partial charge in [0.05, 0.1) is 6.10 Å². The van der Waals surface area contributed by atoms with Crippen molar-refractivity contribution in [2.75, 3.05) is 13.1 Å². The second-order valence-electron chi connectivity index (χ2n) is 7.03. The minimum Gasteiger partial charge on any atom is -0.393 e. The Labute approximate surface area is 125 Å². The molecule has 0 aromatic carbocycles. The molecule has 2 heteroatoms. The number of hydrogen-bond donors (Lipinski definition) is 1. The van der Waals surface area contributed by atoms with Gasteiger partial charge in [0.15, 0.2) is 0 Å². The number of piperidine rings is 1. The molecule has 3 unspecified atom stereocenters. The van der Waals surface area contributed by atoms with Crippen LogP contribution in [0.1, 0.15) is 84.0 Å². The number of aliphatic hydroxyl groups is 1. The number of hydrogen-bond acceptors (Lipinski definition) is 2. The molecule has 0 amide bonds. The molecule has 2 fully saturated rings. The fraction of sp³-hybridized carbons (Fsp3) is 1.00. The van der Waals surface area contributed by atoms with Crippen LogP contribution in [0.2, 0.25) is 0 Å². The molecule has 1 aliphatic heterocycles. The van der Waals surface area contributed by atoms with E-state index in [-0.39, 0.29) is 6.10 Å². The lowest BCUT2D eigenvalue weighted by molar-refractivity contribution is -0.00601. The van der Waals surface area contributed by atoms with Crippen molar-refractivity contribution in [3.8, 4) is 0 Å². The number of nitrogens with zero attached hydrogens (tertiary/aromatic N) is 1. The van der Waals surface area contributed by atoms with Gasteiger partial charge in [0.25, 0.3) is 0 Å². The molecule has 0 aromatic heterocycles. The molecule has 1 N–H and O–H groups in total. The maximum Gasteiger partial charge on any atom is 0.0583 e. The van der Waals surface area contributed by atoms with E-state index in [0.717, 1.165) is 6.42 Å². The highest BCUT2D eigenvalue weighted by molar-refractivity contribution is 4.88. The van der Waals surface area contributed by atoms with Crippen molar-refractivity contribution in [1.82, 2.24) is 4.90 Å². The quantitative estimate of drug-likeness (QED) is 0.701. The average molecular weight is 281 g/mol. The van der Waals surface area contributed by atoms with Gasteiger partial charge in [0.1, 0.15) is 0 Å². The van der Waals surface area contributed by atoms with Gasteiger partial charge in [0, 0.05) is 12.0 Å². The van der Waals surface area contributed by atoms with E-state index in [1.807, 2.05) is 0 Å². The van der Waals surface area contributed by atoms with Crippen molar-refractivity contribution in [2.24, 2.45) is 5.92 Å². The van der Waals surface area contributed by atoms with Gasteiger partial charge in [-0.3, -0.25) is 0 Å². The van der Waals surface area contributed by atoms with Gasteiger partial charge < -0.3 is 10.0 Å². The Kier molecular flexibility index (Phi) is 7.37. The minimum absolute atomic E-state index is 0.0190. The van der Waals surface area contributed by atoms with Crippen LogP contribution in [0.4, 0.5) is 0 Å². The first kappa shape index (κ1) is 16.3. The molecule has 1 aliphatic carbocycles. The standard InChI is InChI=1S/C18H35NO/c1-2-3-4-5-9-14-19-15-10-8-12-17(19)16-11-6-7-13-18(16)20/h16-18,20H,2-15H2,1H3. The molecule has 0 spiro atoms. The number of rotatable bonds is 7. The first-order chi connectivity index (χ1) is 9.83. The summed E-state index contributed by atoms with van der Waals surface area (Å²) in [7, 11) is 0. The maximum absolute atomic E-state index is 10.4. The fourth-order valence-corrected chi connectivity index (χ4v) is 4.29. The van der Waals surface area contributed by atoms with Crippen molar-refractivity contribution in [3.05, 3.63) is 0 Å². The monoisotopic (exact) mass is 281 g/mol. The topological polar surface area (TPSA) is 23.5 Å². The Morgan fingerprint density at radius 2 is 1.65 bits per heavy atom. The van der Waals surface area contributed by atoms with E-state index in [1.54, 1.807) is 0 Å². The summed E-state index contributed by atoms with van der Waals surface area (Å²) in [6.07, 6.45) is 15.8. The summed E-state index contributed by atoms with van der Waals surface area (Å²) in [6, 6.07) is 0.685. The number of likely N-dealkylation sites (tertiary alicyclic amines) is 1. The van der Waals surface area contributed by atoms with E-state index in [9.17, 15) is 5.11 Å². The highest BCUT2D eigenvalue weighted by atomic mass is 16.3.